The van der Waals surface area contributed by atoms with Crippen molar-refractivity contribution in [2.75, 3.05) is 5.32 Å². The van der Waals surface area contributed by atoms with E-state index in [1.54, 1.807) is 18.2 Å². The van der Waals surface area contributed by atoms with E-state index in [0.717, 1.165) is 0 Å². The molecule has 2 aromatic carbocycles. The summed E-state index contributed by atoms with van der Waals surface area (Å²) in [5.74, 6) is 0.0125. The van der Waals surface area contributed by atoms with Crippen LogP contribution in [0.3, 0.4) is 0 Å². The van der Waals surface area contributed by atoms with Gasteiger partial charge >= 0.3 is 6.61 Å². The highest BCUT2D eigenvalue weighted by Crippen LogP contribution is 2.29. The third kappa shape index (κ3) is 4.37. The van der Waals surface area contributed by atoms with Crippen molar-refractivity contribution in [3.63, 3.8) is 0 Å². The SMILES string of the molecule is Oc1ccc(Cl)cc1CNc1ccc(OC(F)F)c(Cl)c1. The van der Waals surface area contributed by atoms with Gasteiger partial charge in [0.1, 0.15) is 11.5 Å². The minimum atomic E-state index is -2.93. The zero-order valence-corrected chi connectivity index (χ0v) is 12.1. The average molecular weight is 334 g/mol. The Morgan fingerprint density at radius 1 is 1.14 bits per heavy atom. The number of alkyl halides is 2. The van der Waals surface area contributed by atoms with Gasteiger partial charge in [-0.15, -0.1) is 0 Å². The molecular formula is C14H11Cl2F2NO2. The molecule has 0 amide bonds. The number of hydrogen-bond donors (Lipinski definition) is 2. The fraction of sp³-hybridized carbons (Fsp3) is 0.143. The molecule has 7 heteroatoms. The van der Waals surface area contributed by atoms with E-state index in [-0.39, 0.29) is 16.5 Å². The summed E-state index contributed by atoms with van der Waals surface area (Å²) in [5, 5.41) is 13.3. The van der Waals surface area contributed by atoms with Crippen LogP contribution in [0, 0.1) is 0 Å². The topological polar surface area (TPSA) is 41.5 Å². The maximum Gasteiger partial charge on any atom is 0.387 e. The zero-order chi connectivity index (χ0) is 15.4. The largest absolute Gasteiger partial charge is 0.508 e. The summed E-state index contributed by atoms with van der Waals surface area (Å²) in [4.78, 5) is 0. The predicted octanol–water partition coefficient (Wildman–Crippen LogP) is 4.91. The Morgan fingerprint density at radius 2 is 1.90 bits per heavy atom. The maximum absolute atomic E-state index is 12.1. The van der Waals surface area contributed by atoms with Crippen molar-refractivity contribution in [3.8, 4) is 11.5 Å². The number of phenols is 1. The Balaban J connectivity index is 2.07. The number of rotatable bonds is 5. The van der Waals surface area contributed by atoms with Crippen molar-refractivity contribution in [1.29, 1.82) is 0 Å². The van der Waals surface area contributed by atoms with E-state index in [1.165, 1.54) is 18.2 Å². The molecule has 0 aliphatic carbocycles. The molecule has 0 atom stereocenters. The Bertz CT molecular complexity index is 638. The van der Waals surface area contributed by atoms with Crippen molar-refractivity contribution >= 4 is 28.9 Å². The molecule has 3 nitrogen and oxygen atoms in total. The van der Waals surface area contributed by atoms with Crippen LogP contribution >= 0.6 is 23.2 Å². The zero-order valence-electron chi connectivity index (χ0n) is 10.6. The summed E-state index contributed by atoms with van der Waals surface area (Å²) in [6.07, 6.45) is 0. The second-order valence-electron chi connectivity index (χ2n) is 4.15. The minimum Gasteiger partial charge on any atom is -0.508 e. The summed E-state index contributed by atoms with van der Waals surface area (Å²) < 4.78 is 28.5. The molecule has 0 fully saturated rings. The third-order valence-corrected chi connectivity index (χ3v) is 3.20. The summed E-state index contributed by atoms with van der Waals surface area (Å²) in [6.45, 7) is -2.62. The quantitative estimate of drug-likeness (QED) is 0.816. The van der Waals surface area contributed by atoms with Gasteiger partial charge < -0.3 is 15.2 Å². The first-order chi connectivity index (χ1) is 9.95. The van der Waals surface area contributed by atoms with E-state index in [9.17, 15) is 13.9 Å². The van der Waals surface area contributed by atoms with Gasteiger partial charge in [0.15, 0.2) is 0 Å². The van der Waals surface area contributed by atoms with Crippen LogP contribution in [-0.4, -0.2) is 11.7 Å². The lowest BCUT2D eigenvalue weighted by molar-refractivity contribution is -0.0497. The minimum absolute atomic E-state index is 0.0654. The average Bonchev–Trinajstić information content (AvgIpc) is 2.42. The highest BCUT2D eigenvalue weighted by molar-refractivity contribution is 6.32. The number of halogens is 4. The van der Waals surface area contributed by atoms with Crippen LogP contribution in [0.2, 0.25) is 10.0 Å². The molecule has 21 heavy (non-hydrogen) atoms. The lowest BCUT2D eigenvalue weighted by Crippen LogP contribution is -2.03. The molecule has 0 aromatic heterocycles. The molecule has 0 aliphatic heterocycles. The molecule has 0 unspecified atom stereocenters. The molecule has 0 saturated carbocycles. The highest BCUT2D eigenvalue weighted by atomic mass is 35.5. The summed E-state index contributed by atoms with van der Waals surface area (Å²) in [7, 11) is 0. The molecule has 0 saturated heterocycles. The predicted molar refractivity (Wildman–Crippen MR) is 78.5 cm³/mol. The third-order valence-electron chi connectivity index (χ3n) is 2.67. The number of anilines is 1. The van der Waals surface area contributed by atoms with Gasteiger partial charge in [-0.3, -0.25) is 0 Å². The van der Waals surface area contributed by atoms with Gasteiger partial charge in [-0.25, -0.2) is 0 Å². The summed E-state index contributed by atoms with van der Waals surface area (Å²) in [5.41, 5.74) is 1.20. The number of phenolic OH excluding ortho intramolecular Hbond substituents is 1. The van der Waals surface area contributed by atoms with E-state index in [0.29, 0.717) is 22.8 Å². The maximum atomic E-state index is 12.1. The van der Waals surface area contributed by atoms with Crippen LogP contribution in [0.4, 0.5) is 14.5 Å². The van der Waals surface area contributed by atoms with Gasteiger partial charge in [-0.05, 0) is 36.4 Å². The summed E-state index contributed by atoms with van der Waals surface area (Å²) >= 11 is 11.7. The van der Waals surface area contributed by atoms with Crippen molar-refractivity contribution in [1.82, 2.24) is 0 Å². The van der Waals surface area contributed by atoms with Crippen molar-refractivity contribution in [2.24, 2.45) is 0 Å². The van der Waals surface area contributed by atoms with Gasteiger partial charge in [0.25, 0.3) is 0 Å². The highest BCUT2D eigenvalue weighted by Gasteiger charge is 2.09. The molecule has 0 bridgehead atoms. The number of ether oxygens (including phenoxy) is 1. The Hall–Kier alpha value is -1.72. The standard InChI is InChI=1S/C14H11Cl2F2NO2/c15-9-1-3-12(20)8(5-9)7-19-10-2-4-13(11(16)6-10)21-14(17)18/h1-6,14,19-20H,7H2. The van der Waals surface area contributed by atoms with Crippen molar-refractivity contribution < 1.29 is 18.6 Å². The van der Waals surface area contributed by atoms with Gasteiger partial charge in [0, 0.05) is 22.8 Å². The van der Waals surface area contributed by atoms with E-state index in [4.69, 9.17) is 23.2 Å². The van der Waals surface area contributed by atoms with E-state index < -0.39 is 6.61 Å². The van der Waals surface area contributed by atoms with Crippen LogP contribution in [0.15, 0.2) is 36.4 Å². The molecular weight excluding hydrogens is 323 g/mol. The van der Waals surface area contributed by atoms with Gasteiger partial charge in [-0.2, -0.15) is 8.78 Å². The number of aromatic hydroxyl groups is 1. The van der Waals surface area contributed by atoms with Crippen molar-refractivity contribution in [2.45, 2.75) is 13.2 Å². The van der Waals surface area contributed by atoms with Gasteiger partial charge in [0.05, 0.1) is 5.02 Å². The van der Waals surface area contributed by atoms with Crippen LogP contribution in [-0.2, 0) is 6.54 Å². The second-order valence-corrected chi connectivity index (χ2v) is 4.99. The molecule has 0 radical (unpaired) electrons. The normalized spacial score (nSPS) is 10.7. The smallest absolute Gasteiger partial charge is 0.387 e. The first-order valence-corrected chi connectivity index (χ1v) is 6.67. The van der Waals surface area contributed by atoms with Crippen molar-refractivity contribution in [3.05, 3.63) is 52.0 Å². The lowest BCUT2D eigenvalue weighted by Gasteiger charge is -2.11. The lowest BCUT2D eigenvalue weighted by atomic mass is 10.2. The first kappa shape index (κ1) is 15.7. The molecule has 0 heterocycles. The summed E-state index contributed by atoms with van der Waals surface area (Å²) in [6, 6.07) is 9.04. The van der Waals surface area contributed by atoms with Crippen LogP contribution < -0.4 is 10.1 Å². The Labute approximate surface area is 130 Å². The molecule has 2 rings (SSSR count). The Morgan fingerprint density at radius 3 is 2.57 bits per heavy atom. The number of hydrogen-bond acceptors (Lipinski definition) is 3. The number of nitrogens with one attached hydrogen (secondary N) is 1. The first-order valence-electron chi connectivity index (χ1n) is 5.91. The van der Waals surface area contributed by atoms with E-state index in [2.05, 4.69) is 10.1 Å². The molecule has 2 aromatic rings. The van der Waals surface area contributed by atoms with Gasteiger partial charge in [-0.1, -0.05) is 23.2 Å². The molecule has 2 N–H and O–H groups in total. The Kier molecular flexibility index (Phi) is 5.09. The van der Waals surface area contributed by atoms with Gasteiger partial charge in [0.2, 0.25) is 0 Å². The van der Waals surface area contributed by atoms with Crippen LogP contribution in [0.1, 0.15) is 5.56 Å². The van der Waals surface area contributed by atoms with E-state index in [1.807, 2.05) is 0 Å². The fourth-order valence-corrected chi connectivity index (χ4v) is 2.12. The molecule has 0 aliphatic rings. The molecule has 112 valence electrons. The fourth-order valence-electron chi connectivity index (χ4n) is 1.70. The molecule has 0 spiro atoms. The second kappa shape index (κ2) is 6.83. The van der Waals surface area contributed by atoms with Crippen LogP contribution in [0.25, 0.3) is 0 Å². The van der Waals surface area contributed by atoms with Crippen LogP contribution in [0.5, 0.6) is 11.5 Å². The number of benzene rings is 2. The monoisotopic (exact) mass is 333 g/mol. The van der Waals surface area contributed by atoms with E-state index >= 15 is 0 Å².